The number of amides is 1. The van der Waals surface area contributed by atoms with Gasteiger partial charge in [-0.1, -0.05) is 17.7 Å². The number of hydrogen-bond donors (Lipinski definition) is 0. The van der Waals surface area contributed by atoms with Crippen molar-refractivity contribution < 1.29 is 32.2 Å². The molecule has 0 aliphatic carbocycles. The molecule has 3 aromatic rings. The monoisotopic (exact) mass is 495 g/mol. The topological polar surface area (TPSA) is 99.4 Å². The van der Waals surface area contributed by atoms with Crippen LogP contribution in [0, 0.1) is 0 Å². The number of halogens is 4. The van der Waals surface area contributed by atoms with E-state index >= 15 is 0 Å². The fourth-order valence-corrected chi connectivity index (χ4v) is 3.90. The minimum Gasteiger partial charge on any atom is -0.435 e. The molecule has 1 aliphatic rings. The molecule has 2 aromatic heterocycles. The summed E-state index contributed by atoms with van der Waals surface area (Å²) in [6.45, 7) is 1.58. The molecule has 1 aliphatic heterocycles. The molecule has 13 heteroatoms. The predicted molar refractivity (Wildman–Crippen MR) is 111 cm³/mol. The minimum atomic E-state index is -4.75. The first-order chi connectivity index (χ1) is 16.2. The zero-order valence-corrected chi connectivity index (χ0v) is 18.4. The molecule has 0 N–H and O–H groups in total. The van der Waals surface area contributed by atoms with Gasteiger partial charge >= 0.3 is 12.3 Å². The first-order valence-electron chi connectivity index (χ1n) is 10.0. The molecule has 1 atom stereocenters. The zero-order chi connectivity index (χ0) is 24.5. The molecule has 4 rings (SSSR count). The molecule has 0 spiro atoms. The third-order valence-corrected chi connectivity index (χ3v) is 5.47. The van der Waals surface area contributed by atoms with E-state index in [9.17, 15) is 22.8 Å². The average Bonchev–Trinajstić information content (AvgIpc) is 3.24. The number of alkyl halides is 3. The fourth-order valence-electron chi connectivity index (χ4n) is 3.59. The van der Waals surface area contributed by atoms with E-state index in [1.54, 1.807) is 11.5 Å². The molecule has 0 radical (unpaired) electrons. The highest BCUT2D eigenvalue weighted by Crippen LogP contribution is 2.38. The number of fused-ring (bicyclic) bond motifs is 1. The first-order valence-corrected chi connectivity index (χ1v) is 10.4. The summed E-state index contributed by atoms with van der Waals surface area (Å²) < 4.78 is 51.8. The summed E-state index contributed by atoms with van der Waals surface area (Å²) in [5.74, 6) is -0.406. The lowest BCUT2D eigenvalue weighted by atomic mass is 10.1. The Morgan fingerprint density at radius 2 is 2.03 bits per heavy atom. The van der Waals surface area contributed by atoms with Crippen LogP contribution in [0.4, 0.5) is 18.0 Å². The van der Waals surface area contributed by atoms with Crippen LogP contribution in [-0.2, 0) is 22.1 Å². The molecule has 34 heavy (non-hydrogen) atoms. The lowest BCUT2D eigenvalue weighted by Gasteiger charge is -2.34. The molecule has 1 amide bonds. The maximum atomic E-state index is 13.3. The standard InChI is InChI=1S/C21H17ClF3N5O4/c1-2-33-20(32)34-19-17-14(30(11-28-17)15-10-26-7-8-27-15)6-9-29(19)18(31)12-4-3-5-13(16(12)22)21(23,24)25/h3-5,7-8,10-11,19H,2,6,9H2,1H3. The number of ether oxygens (including phenoxy) is 2. The molecule has 1 unspecified atom stereocenters. The van der Waals surface area contributed by atoms with Crippen molar-refractivity contribution in [3.8, 4) is 5.82 Å². The van der Waals surface area contributed by atoms with Crippen molar-refractivity contribution in [1.29, 1.82) is 0 Å². The van der Waals surface area contributed by atoms with Crippen molar-refractivity contribution in [1.82, 2.24) is 24.4 Å². The third-order valence-electron chi connectivity index (χ3n) is 5.07. The Kier molecular flexibility index (Phi) is 6.42. The molecule has 0 saturated heterocycles. The summed E-state index contributed by atoms with van der Waals surface area (Å²) in [5, 5.41) is -0.745. The Hall–Kier alpha value is -3.67. The Morgan fingerprint density at radius 3 is 2.71 bits per heavy atom. The van der Waals surface area contributed by atoms with Gasteiger partial charge in [-0.05, 0) is 19.1 Å². The van der Waals surface area contributed by atoms with Crippen molar-refractivity contribution in [3.05, 3.63) is 70.7 Å². The Balaban J connectivity index is 1.74. The van der Waals surface area contributed by atoms with Gasteiger partial charge in [0.15, 0.2) is 5.82 Å². The summed E-state index contributed by atoms with van der Waals surface area (Å²) >= 11 is 5.96. The summed E-state index contributed by atoms with van der Waals surface area (Å²) in [7, 11) is 0. The SMILES string of the molecule is CCOC(=O)OC1c2ncn(-c3cnccn3)c2CCN1C(=O)c1cccc(C(F)(F)F)c1Cl. The van der Waals surface area contributed by atoms with Crippen LogP contribution < -0.4 is 0 Å². The summed E-state index contributed by atoms with van der Waals surface area (Å²) in [6, 6.07) is 3.04. The van der Waals surface area contributed by atoms with Crippen molar-refractivity contribution in [2.75, 3.05) is 13.2 Å². The first kappa shape index (κ1) is 23.5. The predicted octanol–water partition coefficient (Wildman–Crippen LogP) is 4.20. The largest absolute Gasteiger partial charge is 0.510 e. The summed E-state index contributed by atoms with van der Waals surface area (Å²) in [6.07, 6.45) is -1.01. The van der Waals surface area contributed by atoms with Crippen LogP contribution >= 0.6 is 11.6 Å². The van der Waals surface area contributed by atoms with E-state index in [1.807, 2.05) is 0 Å². The zero-order valence-electron chi connectivity index (χ0n) is 17.6. The number of rotatable bonds is 4. The Labute approximate surface area is 196 Å². The van der Waals surface area contributed by atoms with Gasteiger partial charge in [0, 0.05) is 25.4 Å². The second kappa shape index (κ2) is 9.29. The highest BCUT2D eigenvalue weighted by atomic mass is 35.5. The average molecular weight is 496 g/mol. The van der Waals surface area contributed by atoms with Crippen LogP contribution in [0.25, 0.3) is 5.82 Å². The van der Waals surface area contributed by atoms with E-state index in [1.165, 1.54) is 31.0 Å². The minimum absolute atomic E-state index is 0.00552. The second-order valence-corrected chi connectivity index (χ2v) is 7.45. The molecular formula is C21H17ClF3N5O4. The normalized spacial score (nSPS) is 15.6. The molecule has 3 heterocycles. The van der Waals surface area contributed by atoms with E-state index in [0.717, 1.165) is 17.0 Å². The van der Waals surface area contributed by atoms with Gasteiger partial charge in [-0.2, -0.15) is 13.2 Å². The molecular weight excluding hydrogens is 479 g/mol. The van der Waals surface area contributed by atoms with Gasteiger partial charge in [0.1, 0.15) is 12.0 Å². The maximum absolute atomic E-state index is 13.3. The van der Waals surface area contributed by atoms with Gasteiger partial charge in [0.05, 0.1) is 34.6 Å². The third kappa shape index (κ3) is 4.40. The van der Waals surface area contributed by atoms with Crippen molar-refractivity contribution >= 4 is 23.7 Å². The number of aromatic nitrogens is 4. The molecule has 0 bridgehead atoms. The molecule has 1 aromatic carbocycles. The number of carbonyl (C=O) groups excluding carboxylic acids is 2. The lowest BCUT2D eigenvalue weighted by molar-refractivity contribution is -0.137. The highest BCUT2D eigenvalue weighted by Gasteiger charge is 2.40. The molecule has 0 fully saturated rings. The lowest BCUT2D eigenvalue weighted by Crippen LogP contribution is -2.42. The maximum Gasteiger partial charge on any atom is 0.510 e. The number of hydrogen-bond acceptors (Lipinski definition) is 7. The smallest absolute Gasteiger partial charge is 0.435 e. The van der Waals surface area contributed by atoms with Crippen molar-refractivity contribution in [3.63, 3.8) is 0 Å². The van der Waals surface area contributed by atoms with Crippen LogP contribution in [0.3, 0.4) is 0 Å². The molecule has 9 nitrogen and oxygen atoms in total. The summed E-state index contributed by atoms with van der Waals surface area (Å²) in [4.78, 5) is 39.1. The molecule has 0 saturated carbocycles. The molecule has 178 valence electrons. The van der Waals surface area contributed by atoms with Crippen LogP contribution in [-0.4, -0.2) is 49.6 Å². The van der Waals surface area contributed by atoms with Gasteiger partial charge in [-0.25, -0.2) is 14.8 Å². The van der Waals surface area contributed by atoms with Crippen LogP contribution in [0.1, 0.15) is 40.5 Å². The number of nitrogens with zero attached hydrogens (tertiary/aromatic N) is 5. The number of benzene rings is 1. The highest BCUT2D eigenvalue weighted by molar-refractivity contribution is 6.34. The quantitative estimate of drug-likeness (QED) is 0.500. The van der Waals surface area contributed by atoms with Crippen LogP contribution in [0.15, 0.2) is 43.1 Å². The summed E-state index contributed by atoms with van der Waals surface area (Å²) in [5.41, 5.74) is -0.728. The van der Waals surface area contributed by atoms with E-state index in [-0.39, 0.29) is 30.8 Å². The number of carbonyl (C=O) groups is 2. The van der Waals surface area contributed by atoms with E-state index < -0.39 is 35.1 Å². The van der Waals surface area contributed by atoms with E-state index in [0.29, 0.717) is 11.5 Å². The van der Waals surface area contributed by atoms with Gasteiger partial charge < -0.3 is 9.47 Å². The Bertz CT molecular complexity index is 1220. The van der Waals surface area contributed by atoms with Gasteiger partial charge in [0.25, 0.3) is 5.91 Å². The van der Waals surface area contributed by atoms with E-state index in [4.69, 9.17) is 21.1 Å². The Morgan fingerprint density at radius 1 is 1.24 bits per heavy atom. The van der Waals surface area contributed by atoms with Crippen LogP contribution in [0.5, 0.6) is 0 Å². The van der Waals surface area contributed by atoms with Gasteiger partial charge in [-0.3, -0.25) is 19.2 Å². The number of imidazole rings is 1. The van der Waals surface area contributed by atoms with E-state index in [2.05, 4.69) is 15.0 Å². The van der Waals surface area contributed by atoms with Crippen LogP contribution in [0.2, 0.25) is 5.02 Å². The second-order valence-electron chi connectivity index (χ2n) is 7.08. The fraction of sp³-hybridized carbons (Fsp3) is 0.286. The van der Waals surface area contributed by atoms with Crippen molar-refractivity contribution in [2.24, 2.45) is 0 Å². The van der Waals surface area contributed by atoms with Gasteiger partial charge in [-0.15, -0.1) is 0 Å². The van der Waals surface area contributed by atoms with Crippen molar-refractivity contribution in [2.45, 2.75) is 25.7 Å². The van der Waals surface area contributed by atoms with Gasteiger partial charge in [0.2, 0.25) is 6.23 Å².